The molecule has 0 aliphatic rings. The van der Waals surface area contributed by atoms with Crippen LogP contribution in [0.5, 0.6) is 11.5 Å². The van der Waals surface area contributed by atoms with Gasteiger partial charge in [0, 0.05) is 5.56 Å². The first-order valence-electron chi connectivity index (χ1n) is 8.59. The summed E-state index contributed by atoms with van der Waals surface area (Å²) >= 11 is 0. The zero-order valence-corrected chi connectivity index (χ0v) is 14.7. The maximum Gasteiger partial charge on any atom is 0.158 e. The quantitative estimate of drug-likeness (QED) is 0.620. The lowest BCUT2D eigenvalue weighted by Crippen LogP contribution is -2.11. The molecule has 3 aromatic rings. The molecule has 0 unspecified atom stereocenters. The van der Waals surface area contributed by atoms with Crippen LogP contribution in [0.25, 0.3) is 11.4 Å². The van der Waals surface area contributed by atoms with E-state index >= 15 is 0 Å². The smallest absolute Gasteiger partial charge is 0.158 e. The Morgan fingerprint density at radius 1 is 0.880 bits per heavy atom. The minimum atomic E-state index is 0.526. The summed E-state index contributed by atoms with van der Waals surface area (Å²) in [6.07, 6.45) is 0.999. The minimum Gasteiger partial charge on any atom is -0.494 e. The molecule has 0 bridgehead atoms. The Hall–Kier alpha value is -2.82. The van der Waals surface area contributed by atoms with Gasteiger partial charge in [-0.15, -0.1) is 0 Å². The van der Waals surface area contributed by atoms with Gasteiger partial charge in [-0.2, -0.15) is 5.10 Å². The molecule has 25 heavy (non-hydrogen) atoms. The van der Waals surface area contributed by atoms with Crippen molar-refractivity contribution in [2.45, 2.75) is 26.8 Å². The third-order valence-electron chi connectivity index (χ3n) is 3.68. The Kier molecular flexibility index (Phi) is 5.67. The summed E-state index contributed by atoms with van der Waals surface area (Å²) in [5.41, 5.74) is 1.06. The van der Waals surface area contributed by atoms with Gasteiger partial charge >= 0.3 is 0 Å². The zero-order chi connectivity index (χ0) is 17.5. The van der Waals surface area contributed by atoms with Crippen molar-refractivity contribution >= 4 is 0 Å². The molecule has 0 saturated carbocycles. The zero-order valence-electron chi connectivity index (χ0n) is 14.7. The molecule has 5 nitrogen and oxygen atoms in total. The molecule has 3 rings (SSSR count). The van der Waals surface area contributed by atoms with E-state index in [1.165, 1.54) is 0 Å². The molecule has 0 N–H and O–H groups in total. The van der Waals surface area contributed by atoms with Gasteiger partial charge in [0.05, 0.1) is 13.2 Å². The SMILES string of the molecule is CCCOc1ccc(OCCn2nc(C)nc2-c2ccccc2)cc1. The van der Waals surface area contributed by atoms with Crippen molar-refractivity contribution in [3.63, 3.8) is 0 Å². The van der Waals surface area contributed by atoms with Crippen LogP contribution >= 0.6 is 0 Å². The Morgan fingerprint density at radius 3 is 2.16 bits per heavy atom. The fourth-order valence-corrected chi connectivity index (χ4v) is 2.51. The Labute approximate surface area is 148 Å². The third kappa shape index (κ3) is 4.59. The number of rotatable bonds is 8. The molecular weight excluding hydrogens is 314 g/mol. The van der Waals surface area contributed by atoms with Crippen molar-refractivity contribution in [2.24, 2.45) is 0 Å². The molecule has 0 spiro atoms. The summed E-state index contributed by atoms with van der Waals surface area (Å²) in [5.74, 6) is 3.32. The summed E-state index contributed by atoms with van der Waals surface area (Å²) in [4.78, 5) is 4.53. The molecule has 0 fully saturated rings. The van der Waals surface area contributed by atoms with Gasteiger partial charge in [-0.05, 0) is 37.6 Å². The molecule has 5 heteroatoms. The molecule has 1 aromatic heterocycles. The van der Waals surface area contributed by atoms with Gasteiger partial charge in [-0.25, -0.2) is 9.67 Å². The molecular formula is C20H23N3O2. The molecule has 0 aliphatic carbocycles. The van der Waals surface area contributed by atoms with E-state index in [2.05, 4.69) is 17.0 Å². The molecule has 1 heterocycles. The third-order valence-corrected chi connectivity index (χ3v) is 3.68. The predicted molar refractivity (Wildman–Crippen MR) is 97.9 cm³/mol. The second-order valence-corrected chi connectivity index (χ2v) is 5.74. The second kappa shape index (κ2) is 8.33. The predicted octanol–water partition coefficient (Wildman–Crippen LogP) is 4.12. The lowest BCUT2D eigenvalue weighted by molar-refractivity contribution is 0.289. The van der Waals surface area contributed by atoms with Gasteiger partial charge in [-0.1, -0.05) is 37.3 Å². The maximum atomic E-state index is 5.83. The van der Waals surface area contributed by atoms with Gasteiger partial charge in [0.1, 0.15) is 23.9 Å². The van der Waals surface area contributed by atoms with Gasteiger partial charge < -0.3 is 9.47 Å². The van der Waals surface area contributed by atoms with Crippen LogP contribution in [0.3, 0.4) is 0 Å². The summed E-state index contributed by atoms with van der Waals surface area (Å²) in [6.45, 7) is 5.89. The van der Waals surface area contributed by atoms with Crippen LogP contribution in [0.15, 0.2) is 54.6 Å². The number of aryl methyl sites for hydroxylation is 1. The highest BCUT2D eigenvalue weighted by Crippen LogP contribution is 2.19. The first kappa shape index (κ1) is 17.0. The van der Waals surface area contributed by atoms with Crippen LogP contribution in [0.1, 0.15) is 19.2 Å². The largest absolute Gasteiger partial charge is 0.494 e. The second-order valence-electron chi connectivity index (χ2n) is 5.74. The van der Waals surface area contributed by atoms with Crippen LogP contribution in [0.4, 0.5) is 0 Å². The molecule has 130 valence electrons. The van der Waals surface area contributed by atoms with Gasteiger partial charge in [0.15, 0.2) is 5.82 Å². The molecule has 0 aliphatic heterocycles. The average Bonchev–Trinajstić information content (AvgIpc) is 3.02. The molecule has 0 radical (unpaired) electrons. The Morgan fingerprint density at radius 2 is 1.52 bits per heavy atom. The number of hydrogen-bond donors (Lipinski definition) is 0. The Bertz CT molecular complexity index is 782. The maximum absolute atomic E-state index is 5.83. The van der Waals surface area contributed by atoms with E-state index < -0.39 is 0 Å². The molecule has 0 atom stereocenters. The lowest BCUT2D eigenvalue weighted by atomic mass is 10.2. The van der Waals surface area contributed by atoms with E-state index in [0.29, 0.717) is 13.2 Å². The highest BCUT2D eigenvalue weighted by atomic mass is 16.5. The van der Waals surface area contributed by atoms with E-state index in [-0.39, 0.29) is 0 Å². The summed E-state index contributed by atoms with van der Waals surface area (Å²) in [6, 6.07) is 17.8. The van der Waals surface area contributed by atoms with Crippen molar-refractivity contribution < 1.29 is 9.47 Å². The summed E-state index contributed by atoms with van der Waals surface area (Å²) in [7, 11) is 0. The highest BCUT2D eigenvalue weighted by Gasteiger charge is 2.09. The minimum absolute atomic E-state index is 0.526. The van der Waals surface area contributed by atoms with Crippen LogP contribution in [-0.4, -0.2) is 28.0 Å². The summed E-state index contributed by atoms with van der Waals surface area (Å²) < 4.78 is 13.3. The van der Waals surface area contributed by atoms with E-state index in [1.807, 2.05) is 66.2 Å². The standard InChI is InChI=1S/C20H23N3O2/c1-3-14-24-18-9-11-19(12-10-18)25-15-13-23-20(21-16(2)22-23)17-7-5-4-6-8-17/h4-12H,3,13-15H2,1-2H3. The average molecular weight is 337 g/mol. The van der Waals surface area contributed by atoms with Crippen molar-refractivity contribution in [1.82, 2.24) is 14.8 Å². The normalized spacial score (nSPS) is 10.6. The van der Waals surface area contributed by atoms with Crippen molar-refractivity contribution in [3.8, 4) is 22.9 Å². The Balaban J connectivity index is 1.59. The van der Waals surface area contributed by atoms with Crippen LogP contribution in [0, 0.1) is 6.92 Å². The van der Waals surface area contributed by atoms with Crippen LogP contribution in [-0.2, 0) is 6.54 Å². The summed E-state index contributed by atoms with van der Waals surface area (Å²) in [5, 5.41) is 4.47. The van der Waals surface area contributed by atoms with E-state index in [9.17, 15) is 0 Å². The van der Waals surface area contributed by atoms with Crippen LogP contribution in [0.2, 0.25) is 0 Å². The highest BCUT2D eigenvalue weighted by molar-refractivity contribution is 5.54. The number of benzene rings is 2. The number of hydrogen-bond acceptors (Lipinski definition) is 4. The van der Waals surface area contributed by atoms with Crippen molar-refractivity contribution in [2.75, 3.05) is 13.2 Å². The molecule has 2 aromatic carbocycles. The van der Waals surface area contributed by atoms with Gasteiger partial charge in [0.2, 0.25) is 0 Å². The van der Waals surface area contributed by atoms with E-state index in [4.69, 9.17) is 9.47 Å². The van der Waals surface area contributed by atoms with E-state index in [1.54, 1.807) is 0 Å². The first-order valence-corrected chi connectivity index (χ1v) is 8.59. The monoisotopic (exact) mass is 337 g/mol. The fourth-order valence-electron chi connectivity index (χ4n) is 2.51. The number of nitrogens with zero attached hydrogens (tertiary/aromatic N) is 3. The topological polar surface area (TPSA) is 49.2 Å². The van der Waals surface area contributed by atoms with Gasteiger partial charge in [-0.3, -0.25) is 0 Å². The molecule has 0 amide bonds. The lowest BCUT2D eigenvalue weighted by Gasteiger charge is -2.09. The van der Waals surface area contributed by atoms with Crippen molar-refractivity contribution in [3.05, 3.63) is 60.4 Å². The number of aromatic nitrogens is 3. The van der Waals surface area contributed by atoms with Gasteiger partial charge in [0.25, 0.3) is 0 Å². The van der Waals surface area contributed by atoms with E-state index in [0.717, 1.165) is 41.7 Å². The molecule has 0 saturated heterocycles. The fraction of sp³-hybridized carbons (Fsp3) is 0.300. The first-order chi connectivity index (χ1) is 12.3. The number of ether oxygens (including phenoxy) is 2. The van der Waals surface area contributed by atoms with Crippen molar-refractivity contribution in [1.29, 1.82) is 0 Å². The van der Waals surface area contributed by atoms with Crippen LogP contribution < -0.4 is 9.47 Å².